The first-order valence-corrected chi connectivity index (χ1v) is 20.0. The topological polar surface area (TPSA) is 89.5 Å². The first-order valence-electron chi connectivity index (χ1n) is 14.9. The molecule has 254 valence electrons. The minimum atomic E-state index is -0.547. The Hall–Kier alpha value is -2.22. The van der Waals surface area contributed by atoms with Gasteiger partial charge in [-0.15, -0.1) is 0 Å². The van der Waals surface area contributed by atoms with E-state index in [4.69, 9.17) is 28.4 Å². The van der Waals surface area contributed by atoms with Crippen LogP contribution in [-0.4, -0.2) is 111 Å². The average Bonchev–Trinajstić information content (AvgIpc) is 3.08. The Morgan fingerprint density at radius 2 is 1.00 bits per heavy atom. The van der Waals surface area contributed by atoms with Crippen LogP contribution >= 0.6 is 47.0 Å². The number of carbonyl (C=O) groups excluding carboxylic acids is 2. The molecule has 2 rings (SSSR count). The molecule has 0 fully saturated rings. The number of rotatable bonds is 27. The van der Waals surface area contributed by atoms with Crippen LogP contribution in [0.15, 0.2) is 73.8 Å². The van der Waals surface area contributed by atoms with Crippen LogP contribution in [-0.2, 0) is 28.5 Å². The third-order valence-electron chi connectivity index (χ3n) is 6.03. The fourth-order valence-corrected chi connectivity index (χ4v) is 6.83. The molecule has 0 heterocycles. The van der Waals surface area contributed by atoms with Crippen molar-refractivity contribution in [3.05, 3.63) is 73.8 Å². The fourth-order valence-electron chi connectivity index (χ4n) is 3.68. The molecule has 0 amide bonds. The molecule has 46 heavy (non-hydrogen) atoms. The summed E-state index contributed by atoms with van der Waals surface area (Å²) in [6, 6.07) is 15.3. The number of esters is 2. The van der Waals surface area contributed by atoms with Crippen LogP contribution in [0.5, 0.6) is 11.5 Å². The van der Waals surface area contributed by atoms with Crippen LogP contribution in [0.4, 0.5) is 0 Å². The molecule has 2 atom stereocenters. The molecule has 0 aliphatic carbocycles. The lowest BCUT2D eigenvalue weighted by atomic mass is 10.1. The van der Waals surface area contributed by atoms with Gasteiger partial charge in [-0.05, 0) is 47.9 Å². The molecule has 2 unspecified atom stereocenters. The molecule has 0 N–H and O–H groups in total. The van der Waals surface area contributed by atoms with E-state index in [9.17, 15) is 9.59 Å². The Kier molecular flexibility index (Phi) is 22.4. The zero-order valence-corrected chi connectivity index (χ0v) is 30.0. The highest BCUT2D eigenvalue weighted by Crippen LogP contribution is 2.25. The van der Waals surface area contributed by atoms with Gasteiger partial charge < -0.3 is 28.4 Å². The van der Waals surface area contributed by atoms with Gasteiger partial charge in [-0.25, -0.2) is 9.59 Å². The summed E-state index contributed by atoms with van der Waals surface area (Å²) >= 11 is 7.32. The third-order valence-corrected chi connectivity index (χ3v) is 9.67. The SMILES string of the molecule is C=CC(=O)OC(COCCSCCSC)COc1ccc(-c2ccc(OCC(COCCSCCSC)OC(=O)C=C)cc2)cc1. The molecule has 0 aliphatic rings. The lowest BCUT2D eigenvalue weighted by Gasteiger charge is -2.18. The second kappa shape index (κ2) is 25.8. The normalized spacial score (nSPS) is 12.1. The number of benzene rings is 2. The molecule has 0 spiro atoms. The van der Waals surface area contributed by atoms with Crippen molar-refractivity contribution in [2.45, 2.75) is 12.2 Å². The first kappa shape index (κ1) is 40.0. The van der Waals surface area contributed by atoms with Crippen LogP contribution in [0.1, 0.15) is 0 Å². The van der Waals surface area contributed by atoms with Gasteiger partial charge in [-0.1, -0.05) is 37.4 Å². The highest BCUT2D eigenvalue weighted by atomic mass is 32.2. The molecule has 0 aliphatic heterocycles. The third kappa shape index (κ3) is 18.2. The maximum Gasteiger partial charge on any atom is 0.330 e. The first-order chi connectivity index (χ1) is 22.5. The molecule has 0 radical (unpaired) electrons. The van der Waals surface area contributed by atoms with E-state index in [0.29, 0.717) is 24.7 Å². The molecular formula is C34H46O8S4. The zero-order valence-electron chi connectivity index (χ0n) is 26.7. The van der Waals surface area contributed by atoms with Crippen LogP contribution in [0.25, 0.3) is 11.1 Å². The number of carbonyl (C=O) groups is 2. The largest absolute Gasteiger partial charge is 0.490 e. The number of hydrogen-bond donors (Lipinski definition) is 0. The van der Waals surface area contributed by atoms with Crippen LogP contribution in [0.3, 0.4) is 0 Å². The Balaban J connectivity index is 1.83. The quantitative estimate of drug-likeness (QED) is 0.0574. The molecule has 12 heteroatoms. The maximum absolute atomic E-state index is 11.8. The van der Waals surface area contributed by atoms with Gasteiger partial charge in [0.15, 0.2) is 12.2 Å². The minimum absolute atomic E-state index is 0.163. The average molecular weight is 711 g/mol. The van der Waals surface area contributed by atoms with Crippen molar-refractivity contribution in [1.29, 1.82) is 0 Å². The van der Waals surface area contributed by atoms with Crippen LogP contribution < -0.4 is 9.47 Å². The van der Waals surface area contributed by atoms with Gasteiger partial charge in [0.2, 0.25) is 0 Å². The molecular weight excluding hydrogens is 665 g/mol. The van der Waals surface area contributed by atoms with E-state index in [1.54, 1.807) is 0 Å². The Morgan fingerprint density at radius 1 is 0.609 bits per heavy atom. The van der Waals surface area contributed by atoms with E-state index in [-0.39, 0.29) is 26.4 Å². The highest BCUT2D eigenvalue weighted by Gasteiger charge is 2.16. The highest BCUT2D eigenvalue weighted by molar-refractivity contribution is 8.03. The molecule has 0 saturated heterocycles. The second-order valence-corrected chi connectivity index (χ2v) is 14.0. The summed E-state index contributed by atoms with van der Waals surface area (Å²) in [5.74, 6) is 6.44. The van der Waals surface area contributed by atoms with Crippen molar-refractivity contribution < 1.29 is 38.0 Å². The van der Waals surface area contributed by atoms with Gasteiger partial charge in [0.05, 0.1) is 26.4 Å². The predicted molar refractivity (Wildman–Crippen MR) is 196 cm³/mol. The van der Waals surface area contributed by atoms with Gasteiger partial charge in [0, 0.05) is 46.7 Å². The van der Waals surface area contributed by atoms with Crippen molar-refractivity contribution in [3.8, 4) is 22.6 Å². The predicted octanol–water partition coefficient (Wildman–Crippen LogP) is 6.53. The van der Waals surface area contributed by atoms with Crippen LogP contribution in [0.2, 0.25) is 0 Å². The molecule has 2 aromatic rings. The van der Waals surface area contributed by atoms with E-state index in [2.05, 4.69) is 25.7 Å². The lowest BCUT2D eigenvalue weighted by molar-refractivity contribution is -0.148. The smallest absolute Gasteiger partial charge is 0.330 e. The Morgan fingerprint density at radius 3 is 1.35 bits per heavy atom. The summed E-state index contributed by atoms with van der Waals surface area (Å²) in [7, 11) is 0. The van der Waals surface area contributed by atoms with E-state index >= 15 is 0 Å². The number of thioether (sulfide) groups is 4. The molecule has 0 bridgehead atoms. The maximum atomic E-state index is 11.8. The molecule has 0 saturated carbocycles. The van der Waals surface area contributed by atoms with E-state index in [1.807, 2.05) is 95.6 Å². The van der Waals surface area contributed by atoms with Gasteiger partial charge in [0.25, 0.3) is 0 Å². The summed E-state index contributed by atoms with van der Waals surface area (Å²) in [5.41, 5.74) is 2.00. The zero-order chi connectivity index (χ0) is 33.2. The van der Waals surface area contributed by atoms with E-state index in [0.717, 1.165) is 57.8 Å². The summed E-state index contributed by atoms with van der Waals surface area (Å²) in [5, 5.41) is 0. The van der Waals surface area contributed by atoms with Crippen LogP contribution in [0, 0.1) is 0 Å². The van der Waals surface area contributed by atoms with Gasteiger partial charge in [-0.3, -0.25) is 0 Å². The number of ether oxygens (including phenoxy) is 6. The van der Waals surface area contributed by atoms with Crippen molar-refractivity contribution in [2.75, 3.05) is 86.7 Å². The van der Waals surface area contributed by atoms with Gasteiger partial charge >= 0.3 is 11.9 Å². The monoisotopic (exact) mass is 710 g/mol. The molecule has 8 nitrogen and oxygen atoms in total. The number of hydrogen-bond acceptors (Lipinski definition) is 12. The van der Waals surface area contributed by atoms with Crippen molar-refractivity contribution in [2.24, 2.45) is 0 Å². The summed E-state index contributed by atoms with van der Waals surface area (Å²) in [6.45, 7) is 8.92. The van der Waals surface area contributed by atoms with E-state index in [1.165, 1.54) is 0 Å². The molecule has 2 aromatic carbocycles. The Bertz CT molecular complexity index is 1040. The van der Waals surface area contributed by atoms with Crippen molar-refractivity contribution >= 4 is 59.0 Å². The lowest BCUT2D eigenvalue weighted by Crippen LogP contribution is -2.29. The van der Waals surface area contributed by atoms with Crippen molar-refractivity contribution in [3.63, 3.8) is 0 Å². The summed E-state index contributed by atoms with van der Waals surface area (Å²) in [4.78, 5) is 23.6. The Labute approximate surface area is 291 Å². The summed E-state index contributed by atoms with van der Waals surface area (Å²) < 4.78 is 34.1. The van der Waals surface area contributed by atoms with Crippen molar-refractivity contribution in [1.82, 2.24) is 0 Å². The van der Waals surface area contributed by atoms with Gasteiger partial charge in [0.1, 0.15) is 24.7 Å². The fraction of sp³-hybridized carbons (Fsp3) is 0.471. The van der Waals surface area contributed by atoms with E-state index < -0.39 is 24.1 Å². The molecule has 0 aromatic heterocycles. The standard InChI is InChI=1S/C34H46O8S4/c1-5-33(35)41-31(23-37-15-17-45-21-19-43-3)25-39-29-11-7-27(8-12-29)28-9-13-30(14-10-28)40-26-32(42-34(36)6-2)24-38-16-18-46-22-20-44-4/h5-14,31-32H,1-2,15-26H2,3-4H3. The minimum Gasteiger partial charge on any atom is -0.490 e. The van der Waals surface area contributed by atoms with Gasteiger partial charge in [-0.2, -0.15) is 47.0 Å². The summed E-state index contributed by atoms with van der Waals surface area (Å²) in [6.07, 6.45) is 5.36. The second-order valence-electron chi connectivity index (χ2n) is 9.56.